The quantitative estimate of drug-likeness (QED) is 0.732. The second-order valence-electron chi connectivity index (χ2n) is 7.19. The van der Waals surface area contributed by atoms with E-state index in [4.69, 9.17) is 0 Å². The Morgan fingerprint density at radius 3 is 2.89 bits per heavy atom. The van der Waals surface area contributed by atoms with Crippen LogP contribution in [0.5, 0.6) is 0 Å². The zero-order chi connectivity index (χ0) is 18.8. The van der Waals surface area contributed by atoms with Crippen LogP contribution < -0.4 is 5.32 Å². The average molecular weight is 385 g/mol. The fraction of sp³-hybridized carbons (Fsp3) is 0.474. The molecule has 1 amide bonds. The molecule has 27 heavy (non-hydrogen) atoms. The van der Waals surface area contributed by atoms with Crippen molar-refractivity contribution in [2.45, 2.75) is 32.7 Å². The van der Waals surface area contributed by atoms with E-state index >= 15 is 0 Å². The average Bonchev–Trinajstić information content (AvgIpc) is 3.33. The Kier molecular flexibility index (Phi) is 5.18. The summed E-state index contributed by atoms with van der Waals surface area (Å²) in [5.41, 5.74) is 0.894. The van der Waals surface area contributed by atoms with Crippen LogP contribution >= 0.6 is 11.3 Å². The fourth-order valence-electron chi connectivity index (χ4n) is 3.50. The number of nitrogens with zero attached hydrogens (tertiary/aromatic N) is 5. The number of aryl methyl sites for hydroxylation is 1. The SMILES string of the molecule is Cc1ccnc2nc(C(=O)NCC(c3cccs3)N3CCC(C)CC3)nn12. The normalized spacial score (nSPS) is 17.3. The van der Waals surface area contributed by atoms with Gasteiger partial charge in [-0.05, 0) is 56.3 Å². The Hall–Kier alpha value is -2.32. The maximum Gasteiger partial charge on any atom is 0.291 e. The van der Waals surface area contributed by atoms with Crippen molar-refractivity contribution in [1.29, 1.82) is 0 Å². The minimum atomic E-state index is -0.258. The molecule has 7 nitrogen and oxygen atoms in total. The summed E-state index contributed by atoms with van der Waals surface area (Å²) in [5.74, 6) is 1.12. The Morgan fingerprint density at radius 1 is 1.37 bits per heavy atom. The van der Waals surface area contributed by atoms with Gasteiger partial charge < -0.3 is 5.32 Å². The number of fused-ring (bicyclic) bond motifs is 1. The molecule has 1 saturated heterocycles. The van der Waals surface area contributed by atoms with Gasteiger partial charge in [0.25, 0.3) is 11.7 Å². The number of hydrogen-bond acceptors (Lipinski definition) is 6. The highest BCUT2D eigenvalue weighted by atomic mass is 32.1. The van der Waals surface area contributed by atoms with E-state index in [-0.39, 0.29) is 17.8 Å². The number of thiophene rings is 1. The van der Waals surface area contributed by atoms with Gasteiger partial charge in [0, 0.05) is 23.3 Å². The minimum Gasteiger partial charge on any atom is -0.347 e. The standard InChI is InChI=1S/C19H24N6OS/c1-13-6-9-24(10-7-13)15(16-4-3-11-27-16)12-21-18(26)17-22-19-20-8-5-14(2)25(19)23-17/h3-5,8,11,13,15H,6-7,9-10,12H2,1-2H3,(H,21,26). The zero-order valence-electron chi connectivity index (χ0n) is 15.6. The van der Waals surface area contributed by atoms with E-state index in [9.17, 15) is 4.79 Å². The molecule has 0 saturated carbocycles. The molecule has 3 aromatic heterocycles. The van der Waals surface area contributed by atoms with Crippen molar-refractivity contribution in [2.75, 3.05) is 19.6 Å². The van der Waals surface area contributed by atoms with Gasteiger partial charge in [0.2, 0.25) is 5.82 Å². The molecule has 1 N–H and O–H groups in total. The lowest BCUT2D eigenvalue weighted by molar-refractivity contribution is 0.0905. The van der Waals surface area contributed by atoms with Crippen LogP contribution in [0.3, 0.4) is 0 Å². The second-order valence-corrected chi connectivity index (χ2v) is 8.17. The summed E-state index contributed by atoms with van der Waals surface area (Å²) in [6, 6.07) is 6.25. The van der Waals surface area contributed by atoms with Gasteiger partial charge in [-0.2, -0.15) is 4.98 Å². The first-order valence-electron chi connectivity index (χ1n) is 9.36. The molecule has 1 fully saturated rings. The Morgan fingerprint density at radius 2 is 2.19 bits per heavy atom. The van der Waals surface area contributed by atoms with Crippen LogP contribution in [0.4, 0.5) is 0 Å². The van der Waals surface area contributed by atoms with E-state index in [0.717, 1.165) is 24.7 Å². The van der Waals surface area contributed by atoms with E-state index in [1.54, 1.807) is 22.0 Å². The molecular weight excluding hydrogens is 360 g/mol. The molecule has 4 heterocycles. The van der Waals surface area contributed by atoms with Crippen molar-refractivity contribution in [3.05, 3.63) is 46.2 Å². The summed E-state index contributed by atoms with van der Waals surface area (Å²) in [5, 5.41) is 9.42. The van der Waals surface area contributed by atoms with E-state index in [1.165, 1.54) is 17.7 Å². The van der Waals surface area contributed by atoms with Crippen LogP contribution in [0.1, 0.15) is 47.0 Å². The molecule has 0 radical (unpaired) electrons. The summed E-state index contributed by atoms with van der Waals surface area (Å²) >= 11 is 1.74. The molecule has 0 aliphatic carbocycles. The number of hydrogen-bond donors (Lipinski definition) is 1. The molecule has 142 valence electrons. The van der Waals surface area contributed by atoms with Crippen molar-refractivity contribution in [1.82, 2.24) is 29.8 Å². The molecule has 4 rings (SSSR count). The predicted octanol–water partition coefficient (Wildman–Crippen LogP) is 2.70. The zero-order valence-corrected chi connectivity index (χ0v) is 16.4. The molecule has 0 aromatic carbocycles. The molecule has 0 bridgehead atoms. The van der Waals surface area contributed by atoms with Gasteiger partial charge in [-0.15, -0.1) is 16.4 Å². The Labute approximate surface area is 162 Å². The lowest BCUT2D eigenvalue weighted by atomic mass is 9.97. The summed E-state index contributed by atoms with van der Waals surface area (Å²) in [7, 11) is 0. The van der Waals surface area contributed by atoms with Gasteiger partial charge in [0.05, 0.1) is 6.04 Å². The lowest BCUT2D eigenvalue weighted by Crippen LogP contribution is -2.41. The third-order valence-electron chi connectivity index (χ3n) is 5.22. The molecule has 8 heteroatoms. The van der Waals surface area contributed by atoms with Crippen LogP contribution in [0, 0.1) is 12.8 Å². The van der Waals surface area contributed by atoms with Gasteiger partial charge in [-0.3, -0.25) is 9.69 Å². The smallest absolute Gasteiger partial charge is 0.291 e. The van der Waals surface area contributed by atoms with Crippen LogP contribution in [0.2, 0.25) is 0 Å². The summed E-state index contributed by atoms with van der Waals surface area (Å²) in [4.78, 5) is 24.8. The highest BCUT2D eigenvalue weighted by Crippen LogP contribution is 2.29. The molecule has 3 aromatic rings. The number of amides is 1. The molecule has 1 aliphatic heterocycles. The maximum atomic E-state index is 12.6. The van der Waals surface area contributed by atoms with Crippen LogP contribution in [-0.2, 0) is 0 Å². The second kappa shape index (κ2) is 7.74. The highest BCUT2D eigenvalue weighted by Gasteiger charge is 2.26. The number of nitrogens with one attached hydrogen (secondary N) is 1. The molecule has 1 aliphatic rings. The third kappa shape index (κ3) is 3.86. The highest BCUT2D eigenvalue weighted by molar-refractivity contribution is 7.10. The fourth-order valence-corrected chi connectivity index (χ4v) is 4.36. The van der Waals surface area contributed by atoms with Gasteiger partial charge >= 0.3 is 0 Å². The molecule has 1 unspecified atom stereocenters. The Bertz CT molecular complexity index is 914. The maximum absolute atomic E-state index is 12.6. The summed E-state index contributed by atoms with van der Waals surface area (Å²) in [6.07, 6.45) is 4.08. The molecule has 0 spiro atoms. The molecule has 1 atom stereocenters. The monoisotopic (exact) mass is 384 g/mol. The summed E-state index contributed by atoms with van der Waals surface area (Å²) in [6.45, 7) is 6.90. The number of rotatable bonds is 5. The first kappa shape index (κ1) is 18.1. The number of carbonyl (C=O) groups is 1. The Balaban J connectivity index is 1.48. The van der Waals surface area contributed by atoms with Gasteiger partial charge in [0.1, 0.15) is 0 Å². The van der Waals surface area contributed by atoms with E-state index < -0.39 is 0 Å². The van der Waals surface area contributed by atoms with Gasteiger partial charge in [-0.1, -0.05) is 13.0 Å². The van der Waals surface area contributed by atoms with Crippen LogP contribution in [0.15, 0.2) is 29.8 Å². The van der Waals surface area contributed by atoms with E-state index in [2.05, 4.69) is 49.7 Å². The van der Waals surface area contributed by atoms with Crippen molar-refractivity contribution in [2.24, 2.45) is 5.92 Å². The van der Waals surface area contributed by atoms with Crippen LogP contribution in [0.25, 0.3) is 5.78 Å². The van der Waals surface area contributed by atoms with Crippen molar-refractivity contribution in [3.8, 4) is 0 Å². The van der Waals surface area contributed by atoms with E-state index in [0.29, 0.717) is 12.3 Å². The summed E-state index contributed by atoms with van der Waals surface area (Å²) < 4.78 is 1.59. The first-order chi connectivity index (χ1) is 13.1. The number of likely N-dealkylation sites (tertiary alicyclic amines) is 1. The number of aromatic nitrogens is 4. The van der Waals surface area contributed by atoms with Crippen molar-refractivity contribution < 1.29 is 4.79 Å². The third-order valence-corrected chi connectivity index (χ3v) is 6.19. The molecular formula is C19H24N6OS. The van der Waals surface area contributed by atoms with Crippen molar-refractivity contribution in [3.63, 3.8) is 0 Å². The minimum absolute atomic E-state index is 0.161. The number of carbonyl (C=O) groups excluding carboxylic acids is 1. The van der Waals surface area contributed by atoms with Gasteiger partial charge in [-0.25, -0.2) is 9.50 Å². The predicted molar refractivity (Wildman–Crippen MR) is 105 cm³/mol. The first-order valence-corrected chi connectivity index (χ1v) is 10.2. The lowest BCUT2D eigenvalue weighted by Gasteiger charge is -2.36. The van der Waals surface area contributed by atoms with Crippen molar-refractivity contribution >= 4 is 23.0 Å². The topological polar surface area (TPSA) is 75.4 Å². The van der Waals surface area contributed by atoms with Crippen LogP contribution in [-0.4, -0.2) is 50.0 Å². The van der Waals surface area contributed by atoms with E-state index in [1.807, 2.05) is 13.0 Å². The number of piperidine rings is 1. The largest absolute Gasteiger partial charge is 0.347 e. The van der Waals surface area contributed by atoms with Gasteiger partial charge in [0.15, 0.2) is 0 Å².